The topological polar surface area (TPSA) is 101 Å². The van der Waals surface area contributed by atoms with Crippen LogP contribution in [-0.4, -0.2) is 34.7 Å². The molecule has 0 aliphatic heterocycles. The molecule has 0 bridgehead atoms. The van der Waals surface area contributed by atoms with Gasteiger partial charge in [-0.1, -0.05) is 87.7 Å². The lowest BCUT2D eigenvalue weighted by Gasteiger charge is -2.24. The Kier molecular flexibility index (Phi) is 9.72. The minimum absolute atomic E-state index is 0.0486. The summed E-state index contributed by atoms with van der Waals surface area (Å²) in [5, 5.41) is 6.37. The van der Waals surface area contributed by atoms with Crippen molar-refractivity contribution in [2.45, 2.75) is 58.5 Å². The molecule has 2 N–H and O–H groups in total. The molecule has 2 amide bonds. The summed E-state index contributed by atoms with van der Waals surface area (Å²) in [7, 11) is 0. The Morgan fingerprint density at radius 3 is 2.15 bits per heavy atom. The van der Waals surface area contributed by atoms with Crippen molar-refractivity contribution in [1.82, 2.24) is 15.6 Å². The second kappa shape index (κ2) is 13.4. The number of carbonyl (C=O) groups excluding carboxylic acids is 3. The van der Waals surface area contributed by atoms with Crippen LogP contribution in [0.1, 0.15) is 67.5 Å². The molecule has 0 unspecified atom stereocenters. The maximum Gasteiger partial charge on any atom is 0.266 e. The van der Waals surface area contributed by atoms with E-state index in [1.165, 1.54) is 0 Å². The van der Waals surface area contributed by atoms with Crippen LogP contribution >= 0.6 is 11.6 Å². The molecule has 1 heterocycles. The van der Waals surface area contributed by atoms with Gasteiger partial charge >= 0.3 is 0 Å². The van der Waals surface area contributed by atoms with Gasteiger partial charge in [-0.2, -0.15) is 0 Å². The summed E-state index contributed by atoms with van der Waals surface area (Å²) in [6.07, 6.45) is 2.53. The maximum atomic E-state index is 13.5. The molecule has 1 aromatic heterocycles. The molecule has 0 spiro atoms. The first-order valence-electron chi connectivity index (χ1n) is 13.7. The summed E-state index contributed by atoms with van der Waals surface area (Å²) in [6.45, 7) is 5.93. The molecule has 0 saturated heterocycles. The average Bonchev–Trinajstić information content (AvgIpc) is 3.42. The van der Waals surface area contributed by atoms with Crippen molar-refractivity contribution in [2.24, 2.45) is 5.92 Å². The number of ketones is 1. The highest BCUT2D eigenvalue weighted by molar-refractivity contribution is 6.33. The third-order valence-electron chi connectivity index (χ3n) is 7.22. The van der Waals surface area contributed by atoms with Gasteiger partial charge in [0.15, 0.2) is 5.58 Å². The van der Waals surface area contributed by atoms with Gasteiger partial charge in [0, 0.05) is 16.1 Å². The van der Waals surface area contributed by atoms with E-state index in [2.05, 4.69) is 29.5 Å². The summed E-state index contributed by atoms with van der Waals surface area (Å²) in [5.41, 5.74) is 3.26. The Balaban J connectivity index is 1.50. The van der Waals surface area contributed by atoms with Crippen LogP contribution in [-0.2, 0) is 4.79 Å². The molecule has 0 radical (unpaired) electrons. The molecule has 40 heavy (non-hydrogen) atoms. The summed E-state index contributed by atoms with van der Waals surface area (Å²) in [4.78, 5) is 44.2. The third-order valence-corrected chi connectivity index (χ3v) is 7.55. The lowest BCUT2D eigenvalue weighted by molar-refractivity contribution is -0.123. The van der Waals surface area contributed by atoms with Crippen molar-refractivity contribution in [3.63, 3.8) is 0 Å². The van der Waals surface area contributed by atoms with E-state index in [1.807, 2.05) is 42.5 Å². The predicted octanol–water partition coefficient (Wildman–Crippen LogP) is 6.85. The standard InChI is InChI=1S/C32H34ClN3O4/c1-4-20(5-2)19-27(35-30(38)22-17-15-21(16-18-22)23-11-7-8-12-24(23)33)31(39)34-25(6-3)29(37)32-36-26-13-9-10-14-28(26)40-32/h7-18,20,25,27H,4-6,19H2,1-3H3,(H,34,39)(H,35,38)/t25-,27-/m0/s1. The monoisotopic (exact) mass is 559 g/mol. The van der Waals surface area contributed by atoms with Crippen molar-refractivity contribution in [2.75, 3.05) is 0 Å². The van der Waals surface area contributed by atoms with E-state index in [1.54, 1.807) is 37.3 Å². The maximum absolute atomic E-state index is 13.5. The lowest BCUT2D eigenvalue weighted by atomic mass is 9.93. The second-order valence-corrected chi connectivity index (χ2v) is 10.2. The molecule has 0 saturated carbocycles. The number of rotatable bonds is 12. The first-order valence-corrected chi connectivity index (χ1v) is 14.1. The first kappa shape index (κ1) is 29.0. The van der Waals surface area contributed by atoms with Gasteiger partial charge in [-0.3, -0.25) is 14.4 Å². The smallest absolute Gasteiger partial charge is 0.266 e. The number of amides is 2. The molecule has 8 heteroatoms. The SMILES string of the molecule is CCC(CC)C[C@H](NC(=O)c1ccc(-c2ccccc2Cl)cc1)C(=O)N[C@@H](CC)C(=O)c1nc2ccccc2o1. The van der Waals surface area contributed by atoms with E-state index < -0.39 is 23.8 Å². The van der Waals surface area contributed by atoms with E-state index in [9.17, 15) is 14.4 Å². The zero-order valence-corrected chi connectivity index (χ0v) is 23.7. The summed E-state index contributed by atoms with van der Waals surface area (Å²) < 4.78 is 5.64. The van der Waals surface area contributed by atoms with Crippen LogP contribution in [0.4, 0.5) is 0 Å². The molecule has 0 aliphatic carbocycles. The van der Waals surface area contributed by atoms with E-state index >= 15 is 0 Å². The number of halogens is 1. The lowest BCUT2D eigenvalue weighted by Crippen LogP contribution is -2.52. The minimum atomic E-state index is -0.837. The quantitative estimate of drug-likeness (QED) is 0.185. The summed E-state index contributed by atoms with van der Waals surface area (Å²) in [6, 6.07) is 20.1. The van der Waals surface area contributed by atoms with Crippen LogP contribution in [0.2, 0.25) is 5.02 Å². The third kappa shape index (κ3) is 6.77. The largest absolute Gasteiger partial charge is 0.434 e. The Morgan fingerprint density at radius 2 is 1.50 bits per heavy atom. The highest BCUT2D eigenvalue weighted by Gasteiger charge is 2.30. The van der Waals surface area contributed by atoms with Crippen molar-refractivity contribution in [3.05, 3.63) is 89.3 Å². The van der Waals surface area contributed by atoms with Crippen LogP contribution in [0.5, 0.6) is 0 Å². The number of nitrogens with one attached hydrogen (secondary N) is 2. The van der Waals surface area contributed by atoms with Gasteiger partial charge in [0.05, 0.1) is 6.04 Å². The molecule has 4 rings (SSSR count). The Labute approximate surface area is 239 Å². The van der Waals surface area contributed by atoms with Crippen LogP contribution in [0.3, 0.4) is 0 Å². The van der Waals surface area contributed by atoms with Crippen LogP contribution in [0.15, 0.2) is 77.2 Å². The highest BCUT2D eigenvalue weighted by Crippen LogP contribution is 2.27. The molecular formula is C32H34ClN3O4. The fraction of sp³-hybridized carbons (Fsp3) is 0.312. The molecule has 2 atom stereocenters. The number of Topliss-reactive ketones (excluding diaryl/α,β-unsaturated/α-hetero) is 1. The van der Waals surface area contributed by atoms with E-state index in [0.717, 1.165) is 24.0 Å². The van der Waals surface area contributed by atoms with E-state index in [0.29, 0.717) is 34.5 Å². The van der Waals surface area contributed by atoms with Gasteiger partial charge in [-0.05, 0) is 54.7 Å². The van der Waals surface area contributed by atoms with Crippen LogP contribution in [0, 0.1) is 5.92 Å². The molecule has 0 aliphatic rings. The van der Waals surface area contributed by atoms with Gasteiger partial charge in [0.2, 0.25) is 11.7 Å². The van der Waals surface area contributed by atoms with Gasteiger partial charge < -0.3 is 15.1 Å². The van der Waals surface area contributed by atoms with Crippen molar-refractivity contribution in [3.8, 4) is 11.1 Å². The van der Waals surface area contributed by atoms with Crippen molar-refractivity contribution in [1.29, 1.82) is 0 Å². The van der Waals surface area contributed by atoms with Gasteiger partial charge in [-0.15, -0.1) is 0 Å². The number of nitrogens with zero attached hydrogens (tertiary/aromatic N) is 1. The zero-order chi connectivity index (χ0) is 28.6. The molecule has 3 aromatic carbocycles. The summed E-state index contributed by atoms with van der Waals surface area (Å²) >= 11 is 6.32. The number of oxazole rings is 1. The number of carbonyl (C=O) groups is 3. The van der Waals surface area contributed by atoms with Crippen molar-refractivity contribution < 1.29 is 18.8 Å². The normalized spacial score (nSPS) is 12.7. The summed E-state index contributed by atoms with van der Waals surface area (Å²) in [5.74, 6) is -1.01. The molecule has 7 nitrogen and oxygen atoms in total. The number of benzene rings is 3. The van der Waals surface area contributed by atoms with Crippen molar-refractivity contribution >= 4 is 40.3 Å². The van der Waals surface area contributed by atoms with Crippen LogP contribution < -0.4 is 10.6 Å². The molecule has 208 valence electrons. The second-order valence-electron chi connectivity index (χ2n) is 9.82. The van der Waals surface area contributed by atoms with Crippen LogP contribution in [0.25, 0.3) is 22.2 Å². The van der Waals surface area contributed by atoms with Gasteiger partial charge in [0.1, 0.15) is 11.6 Å². The predicted molar refractivity (Wildman–Crippen MR) is 157 cm³/mol. The highest BCUT2D eigenvalue weighted by atomic mass is 35.5. The number of fused-ring (bicyclic) bond motifs is 1. The zero-order valence-electron chi connectivity index (χ0n) is 22.9. The fourth-order valence-corrected chi connectivity index (χ4v) is 4.92. The number of hydrogen-bond donors (Lipinski definition) is 2. The number of hydrogen-bond acceptors (Lipinski definition) is 5. The average molecular weight is 560 g/mol. The van der Waals surface area contributed by atoms with E-state index in [-0.39, 0.29) is 17.7 Å². The molecular weight excluding hydrogens is 526 g/mol. The Hall–Kier alpha value is -3.97. The first-order chi connectivity index (χ1) is 19.3. The Bertz CT molecular complexity index is 1440. The molecule has 4 aromatic rings. The van der Waals surface area contributed by atoms with E-state index in [4.69, 9.17) is 16.0 Å². The van der Waals surface area contributed by atoms with Gasteiger partial charge in [0.25, 0.3) is 11.8 Å². The fourth-order valence-electron chi connectivity index (χ4n) is 4.68. The number of para-hydroxylation sites is 2. The number of aromatic nitrogens is 1. The minimum Gasteiger partial charge on any atom is -0.434 e. The Morgan fingerprint density at radius 1 is 0.825 bits per heavy atom. The molecule has 0 fully saturated rings. The van der Waals surface area contributed by atoms with Gasteiger partial charge in [-0.25, -0.2) is 4.98 Å².